The predicted molar refractivity (Wildman–Crippen MR) is 45.9 cm³/mol. The summed E-state index contributed by atoms with van der Waals surface area (Å²) in [5, 5.41) is 0. The first-order valence-electron chi connectivity index (χ1n) is 4.46. The maximum Gasteiger partial charge on any atom is 0.122 e. The van der Waals surface area contributed by atoms with E-state index in [1.54, 1.807) is 0 Å². The van der Waals surface area contributed by atoms with Crippen molar-refractivity contribution in [2.24, 2.45) is 5.41 Å². The van der Waals surface area contributed by atoms with Crippen LogP contribution in [0.2, 0.25) is 12.6 Å². The van der Waals surface area contributed by atoms with Gasteiger partial charge in [-0.3, -0.25) is 4.90 Å². The fourth-order valence-corrected chi connectivity index (χ4v) is 2.17. The molecule has 2 heteroatoms. The van der Waals surface area contributed by atoms with Crippen LogP contribution in [0.3, 0.4) is 0 Å². The van der Waals surface area contributed by atoms with Gasteiger partial charge in [-0.1, -0.05) is 12.6 Å². The Morgan fingerprint density at radius 3 is 2.20 bits per heavy atom. The van der Waals surface area contributed by atoms with Gasteiger partial charge >= 0.3 is 0 Å². The molecule has 10 heavy (non-hydrogen) atoms. The Morgan fingerprint density at radius 2 is 1.90 bits per heavy atom. The van der Waals surface area contributed by atoms with Gasteiger partial charge < -0.3 is 0 Å². The van der Waals surface area contributed by atoms with E-state index >= 15 is 0 Å². The van der Waals surface area contributed by atoms with Gasteiger partial charge in [0.25, 0.3) is 0 Å². The van der Waals surface area contributed by atoms with Crippen molar-refractivity contribution in [2.45, 2.75) is 32.5 Å². The lowest BCUT2D eigenvalue weighted by atomic mass is 9.40. The van der Waals surface area contributed by atoms with Gasteiger partial charge in [0.2, 0.25) is 0 Å². The van der Waals surface area contributed by atoms with E-state index < -0.39 is 0 Å². The van der Waals surface area contributed by atoms with Gasteiger partial charge in [-0.15, -0.1) is 0 Å². The van der Waals surface area contributed by atoms with Crippen molar-refractivity contribution < 1.29 is 0 Å². The van der Waals surface area contributed by atoms with Gasteiger partial charge in [0.05, 0.1) is 0 Å². The molecule has 0 aromatic carbocycles. The quantitative estimate of drug-likeness (QED) is 0.487. The Hall–Kier alpha value is 0.0249. The minimum absolute atomic E-state index is 0.784. The minimum Gasteiger partial charge on any atom is -0.300 e. The van der Waals surface area contributed by atoms with Crippen LogP contribution in [0.1, 0.15) is 13.8 Å². The van der Waals surface area contributed by atoms with Crippen LogP contribution in [0.4, 0.5) is 0 Å². The molecule has 0 saturated carbocycles. The number of hydrogen-bond acceptors (Lipinski definition) is 1. The summed E-state index contributed by atoms with van der Waals surface area (Å²) in [6.07, 6.45) is 3.02. The van der Waals surface area contributed by atoms with Crippen molar-refractivity contribution in [3.8, 4) is 0 Å². The first-order chi connectivity index (χ1) is 4.72. The molecule has 2 aliphatic heterocycles. The molecule has 0 aromatic heterocycles. The molecular formula is C8H16BN. The molecule has 0 N–H and O–H groups in total. The third-order valence-corrected chi connectivity index (χ3v) is 3.22. The lowest BCUT2D eigenvalue weighted by Gasteiger charge is -2.57. The van der Waals surface area contributed by atoms with Crippen molar-refractivity contribution in [3.05, 3.63) is 0 Å². The Kier molecular flexibility index (Phi) is 1.35. The smallest absolute Gasteiger partial charge is 0.122 e. The Balaban J connectivity index is 1.82. The molecule has 0 unspecified atom stereocenters. The minimum atomic E-state index is 0.784. The molecule has 0 aliphatic carbocycles. The van der Waals surface area contributed by atoms with Crippen molar-refractivity contribution in [1.29, 1.82) is 0 Å². The van der Waals surface area contributed by atoms with E-state index in [1.165, 1.54) is 33.0 Å². The van der Waals surface area contributed by atoms with Crippen molar-refractivity contribution >= 4 is 7.28 Å². The average Bonchev–Trinajstić information content (AvgIpc) is 1.54. The lowest BCUT2D eigenvalue weighted by Crippen LogP contribution is -2.62. The van der Waals surface area contributed by atoms with Crippen LogP contribution < -0.4 is 0 Å². The van der Waals surface area contributed by atoms with Gasteiger partial charge in [0.1, 0.15) is 7.28 Å². The number of hydrogen-bond donors (Lipinski definition) is 0. The van der Waals surface area contributed by atoms with Crippen molar-refractivity contribution in [1.82, 2.24) is 4.90 Å². The van der Waals surface area contributed by atoms with Gasteiger partial charge in [-0.05, 0) is 19.3 Å². The van der Waals surface area contributed by atoms with E-state index in [9.17, 15) is 0 Å². The molecule has 56 valence electrons. The Bertz CT molecular complexity index is 132. The van der Waals surface area contributed by atoms with Crippen LogP contribution in [0.25, 0.3) is 0 Å². The van der Waals surface area contributed by atoms with E-state index in [0.717, 1.165) is 11.5 Å². The van der Waals surface area contributed by atoms with Gasteiger partial charge in [-0.2, -0.15) is 0 Å². The second-order valence-electron chi connectivity index (χ2n) is 4.35. The van der Waals surface area contributed by atoms with E-state index in [2.05, 4.69) is 18.7 Å². The van der Waals surface area contributed by atoms with Crippen LogP contribution in [-0.4, -0.2) is 31.3 Å². The van der Waals surface area contributed by atoms with Crippen LogP contribution in [0.5, 0.6) is 0 Å². The molecule has 0 amide bonds. The van der Waals surface area contributed by atoms with Crippen molar-refractivity contribution in [3.63, 3.8) is 0 Å². The normalized spacial score (nSPS) is 29.5. The molecule has 0 bridgehead atoms. The van der Waals surface area contributed by atoms with Crippen LogP contribution in [0.15, 0.2) is 0 Å². The number of rotatable bonds is 1. The maximum absolute atomic E-state index is 2.58. The van der Waals surface area contributed by atoms with Crippen LogP contribution in [0, 0.1) is 5.41 Å². The number of likely N-dealkylation sites (tertiary alicyclic amines) is 1. The molecule has 1 nitrogen and oxygen atoms in total. The highest BCUT2D eigenvalue weighted by Gasteiger charge is 2.47. The SMILES string of the molecule is CC(C)N1CC2(CBC2)C1. The summed E-state index contributed by atoms with van der Waals surface area (Å²) in [5.74, 6) is 0. The summed E-state index contributed by atoms with van der Waals surface area (Å²) in [6.45, 7) is 7.38. The van der Waals surface area contributed by atoms with Crippen LogP contribution >= 0.6 is 0 Å². The molecule has 2 fully saturated rings. The van der Waals surface area contributed by atoms with E-state index in [4.69, 9.17) is 0 Å². The van der Waals surface area contributed by atoms with Gasteiger partial charge in [0, 0.05) is 19.1 Å². The van der Waals surface area contributed by atoms with E-state index in [-0.39, 0.29) is 0 Å². The summed E-state index contributed by atoms with van der Waals surface area (Å²) in [5.41, 5.74) is 0.824. The zero-order valence-electron chi connectivity index (χ0n) is 7.06. The zero-order chi connectivity index (χ0) is 7.19. The average molecular weight is 137 g/mol. The Morgan fingerprint density at radius 1 is 1.30 bits per heavy atom. The highest BCUT2D eigenvalue weighted by Crippen LogP contribution is 2.46. The first-order valence-corrected chi connectivity index (χ1v) is 4.46. The molecule has 1 spiro atoms. The molecule has 0 aromatic rings. The highest BCUT2D eigenvalue weighted by atomic mass is 15.2. The molecular weight excluding hydrogens is 121 g/mol. The molecule has 2 aliphatic rings. The molecule has 0 radical (unpaired) electrons. The van der Waals surface area contributed by atoms with Gasteiger partial charge in [-0.25, -0.2) is 0 Å². The maximum atomic E-state index is 2.58. The molecule has 0 atom stereocenters. The molecule has 2 heterocycles. The second kappa shape index (κ2) is 2.01. The topological polar surface area (TPSA) is 3.24 Å². The van der Waals surface area contributed by atoms with Gasteiger partial charge in [0.15, 0.2) is 0 Å². The van der Waals surface area contributed by atoms with E-state index in [1.807, 2.05) is 0 Å². The fourth-order valence-electron chi connectivity index (χ4n) is 2.17. The first kappa shape index (κ1) is 6.72. The zero-order valence-corrected chi connectivity index (χ0v) is 7.06. The summed E-state index contributed by atoms with van der Waals surface area (Å²) in [4.78, 5) is 2.58. The summed E-state index contributed by atoms with van der Waals surface area (Å²) < 4.78 is 0. The summed E-state index contributed by atoms with van der Waals surface area (Å²) in [7, 11) is 1.49. The van der Waals surface area contributed by atoms with Crippen molar-refractivity contribution in [2.75, 3.05) is 13.1 Å². The third-order valence-electron chi connectivity index (χ3n) is 3.22. The third kappa shape index (κ3) is 0.816. The lowest BCUT2D eigenvalue weighted by molar-refractivity contribution is -0.00577. The fraction of sp³-hybridized carbons (Fsp3) is 1.00. The Labute approximate surface area is 64.0 Å². The number of nitrogens with zero attached hydrogens (tertiary/aromatic N) is 1. The standard InChI is InChI=1S/C8H16BN/c1-7(2)10-5-8(6-10)3-9-4-8/h7,9H,3-6H2,1-2H3. The molecule has 2 rings (SSSR count). The van der Waals surface area contributed by atoms with E-state index in [0.29, 0.717) is 0 Å². The van der Waals surface area contributed by atoms with Crippen LogP contribution in [-0.2, 0) is 0 Å². The second-order valence-corrected chi connectivity index (χ2v) is 4.35. The summed E-state index contributed by atoms with van der Waals surface area (Å²) in [6, 6.07) is 0.784. The molecule has 2 saturated heterocycles. The predicted octanol–water partition coefficient (Wildman–Crippen LogP) is 0.984. The largest absolute Gasteiger partial charge is 0.300 e. The highest BCUT2D eigenvalue weighted by molar-refractivity contribution is 6.40. The monoisotopic (exact) mass is 137 g/mol. The summed E-state index contributed by atoms with van der Waals surface area (Å²) >= 11 is 0.